The fraction of sp³-hybridized carbons (Fsp3) is 0.306. The summed E-state index contributed by atoms with van der Waals surface area (Å²) in [6, 6.07) is 23.0. The Bertz CT molecular complexity index is 1840. The first-order valence-corrected chi connectivity index (χ1v) is 15.2. The van der Waals surface area contributed by atoms with Crippen molar-refractivity contribution in [2.24, 2.45) is 0 Å². The molecule has 0 bridgehead atoms. The molecule has 4 heterocycles. The van der Waals surface area contributed by atoms with E-state index >= 15 is 0 Å². The SMILES string of the molecule is C.Cc1c(-c2ncnc3[nH]c(-c4ccc(CN5CCNCC5)cc4)cc23)cccc1N1COc2cc(C3CC3)ccc2C1=O. The van der Waals surface area contributed by atoms with Crippen LogP contribution in [0.4, 0.5) is 5.69 Å². The molecule has 8 nitrogen and oxygen atoms in total. The second-order valence-corrected chi connectivity index (χ2v) is 11.9. The number of H-pyrrole nitrogens is 1. The zero-order valence-corrected chi connectivity index (χ0v) is 24.3. The fourth-order valence-electron chi connectivity index (χ4n) is 6.42. The van der Waals surface area contributed by atoms with Crippen LogP contribution in [0.3, 0.4) is 0 Å². The van der Waals surface area contributed by atoms with Crippen LogP contribution in [0.15, 0.2) is 73.1 Å². The number of hydrogen-bond donors (Lipinski definition) is 2. The van der Waals surface area contributed by atoms with E-state index in [1.165, 1.54) is 24.0 Å². The van der Waals surface area contributed by atoms with Crippen LogP contribution in [-0.4, -0.2) is 58.7 Å². The Labute approximate surface area is 258 Å². The van der Waals surface area contributed by atoms with E-state index < -0.39 is 0 Å². The number of carbonyl (C=O) groups excluding carboxylic acids is 1. The van der Waals surface area contributed by atoms with E-state index in [1.807, 2.05) is 31.2 Å². The Balaban J connectivity index is 0.00000312. The fourth-order valence-corrected chi connectivity index (χ4v) is 6.42. The molecule has 3 aromatic carbocycles. The van der Waals surface area contributed by atoms with Gasteiger partial charge < -0.3 is 15.0 Å². The number of rotatable bonds is 6. The van der Waals surface area contributed by atoms with Gasteiger partial charge in [-0.1, -0.05) is 49.9 Å². The molecule has 224 valence electrons. The molecule has 5 aromatic rings. The highest BCUT2D eigenvalue weighted by molar-refractivity contribution is 6.09. The van der Waals surface area contributed by atoms with Crippen molar-refractivity contribution in [3.8, 4) is 28.3 Å². The van der Waals surface area contributed by atoms with E-state index in [4.69, 9.17) is 9.72 Å². The zero-order valence-electron chi connectivity index (χ0n) is 24.3. The van der Waals surface area contributed by atoms with E-state index in [-0.39, 0.29) is 20.1 Å². The first-order chi connectivity index (χ1) is 21.1. The van der Waals surface area contributed by atoms with Crippen LogP contribution >= 0.6 is 0 Å². The van der Waals surface area contributed by atoms with E-state index in [0.29, 0.717) is 17.2 Å². The van der Waals surface area contributed by atoms with Crippen molar-refractivity contribution in [1.82, 2.24) is 25.2 Å². The van der Waals surface area contributed by atoms with Crippen molar-refractivity contribution >= 4 is 22.6 Å². The summed E-state index contributed by atoms with van der Waals surface area (Å²) in [7, 11) is 0. The minimum Gasteiger partial charge on any atom is -0.472 e. The third-order valence-electron chi connectivity index (χ3n) is 9.04. The number of anilines is 1. The van der Waals surface area contributed by atoms with Gasteiger partial charge in [-0.2, -0.15) is 0 Å². The number of nitrogens with zero attached hydrogens (tertiary/aromatic N) is 4. The van der Waals surface area contributed by atoms with Crippen molar-refractivity contribution in [3.63, 3.8) is 0 Å². The Hall–Kier alpha value is -4.53. The molecule has 0 unspecified atom stereocenters. The maximum atomic E-state index is 13.6. The highest BCUT2D eigenvalue weighted by Crippen LogP contribution is 2.43. The number of carbonyl (C=O) groups is 1. The number of amides is 1. The molecule has 1 aliphatic carbocycles. The summed E-state index contributed by atoms with van der Waals surface area (Å²) in [5.74, 6) is 1.26. The lowest BCUT2D eigenvalue weighted by Crippen LogP contribution is -2.42. The number of ether oxygens (including phenoxy) is 1. The second kappa shape index (κ2) is 11.5. The summed E-state index contributed by atoms with van der Waals surface area (Å²) in [6.45, 7) is 7.47. The van der Waals surface area contributed by atoms with Crippen LogP contribution in [0, 0.1) is 6.92 Å². The standard InChI is InChI=1S/C35H34N6O2.CH4/c1-22-27(3-2-4-31(22)41-21-43-32-17-26(24-9-10-24)11-12-28(32)35(41)42)33-29-18-30(39-34(29)38-20-37-33)25-7-5-23(6-8-25)19-40-15-13-36-14-16-40;/h2-8,11-12,17-18,20,24,36H,9-10,13-16,19,21H2,1H3,(H,37,38,39);1H4. The number of aromatic amines is 1. The van der Waals surface area contributed by atoms with Gasteiger partial charge in [0.2, 0.25) is 0 Å². The number of nitrogens with one attached hydrogen (secondary N) is 2. The summed E-state index contributed by atoms with van der Waals surface area (Å²) < 4.78 is 6.12. The molecule has 3 aliphatic rings. The monoisotopic (exact) mass is 586 g/mol. The van der Waals surface area contributed by atoms with Gasteiger partial charge in [0.25, 0.3) is 5.91 Å². The molecule has 1 saturated carbocycles. The Kier molecular flexibility index (Phi) is 7.40. The van der Waals surface area contributed by atoms with Crippen LogP contribution in [-0.2, 0) is 6.54 Å². The van der Waals surface area contributed by atoms with Gasteiger partial charge in [0, 0.05) is 49.4 Å². The van der Waals surface area contributed by atoms with Crippen molar-refractivity contribution in [1.29, 1.82) is 0 Å². The quantitative estimate of drug-likeness (QED) is 0.236. The van der Waals surface area contributed by atoms with Crippen LogP contribution in [0.25, 0.3) is 33.5 Å². The third-order valence-corrected chi connectivity index (χ3v) is 9.04. The average molecular weight is 587 g/mol. The third kappa shape index (κ3) is 5.14. The second-order valence-electron chi connectivity index (χ2n) is 11.9. The normalized spacial score (nSPS) is 16.8. The summed E-state index contributed by atoms with van der Waals surface area (Å²) in [5, 5.41) is 4.36. The molecule has 2 aromatic heterocycles. The Morgan fingerprint density at radius 3 is 2.57 bits per heavy atom. The van der Waals surface area contributed by atoms with Crippen molar-refractivity contribution in [3.05, 3.63) is 95.3 Å². The molecule has 2 aliphatic heterocycles. The summed E-state index contributed by atoms with van der Waals surface area (Å²) in [4.78, 5) is 30.6. The smallest absolute Gasteiger partial charge is 0.264 e. The minimum absolute atomic E-state index is 0. The van der Waals surface area contributed by atoms with Gasteiger partial charge in [-0.25, -0.2) is 9.97 Å². The first-order valence-electron chi connectivity index (χ1n) is 15.2. The number of aromatic nitrogens is 3. The summed E-state index contributed by atoms with van der Waals surface area (Å²) in [5.41, 5.74) is 9.68. The van der Waals surface area contributed by atoms with Gasteiger partial charge in [-0.3, -0.25) is 14.6 Å². The lowest BCUT2D eigenvalue weighted by atomic mass is 9.99. The molecule has 0 spiro atoms. The number of fused-ring (bicyclic) bond motifs is 2. The lowest BCUT2D eigenvalue weighted by Gasteiger charge is -2.30. The number of hydrogen-bond acceptors (Lipinski definition) is 6. The Morgan fingerprint density at radius 2 is 1.77 bits per heavy atom. The highest BCUT2D eigenvalue weighted by Gasteiger charge is 2.31. The molecular formula is C36H38N6O2. The summed E-state index contributed by atoms with van der Waals surface area (Å²) >= 11 is 0. The van der Waals surface area contributed by atoms with Gasteiger partial charge in [0.15, 0.2) is 6.73 Å². The van der Waals surface area contributed by atoms with Crippen molar-refractivity contribution < 1.29 is 9.53 Å². The van der Waals surface area contributed by atoms with E-state index in [9.17, 15) is 4.79 Å². The van der Waals surface area contributed by atoms with Gasteiger partial charge in [0.1, 0.15) is 17.7 Å². The maximum Gasteiger partial charge on any atom is 0.264 e. The lowest BCUT2D eigenvalue weighted by molar-refractivity contribution is 0.0937. The predicted molar refractivity (Wildman–Crippen MR) is 175 cm³/mol. The first kappa shape index (κ1) is 28.3. The zero-order chi connectivity index (χ0) is 28.9. The van der Waals surface area contributed by atoms with Crippen LogP contribution in [0.2, 0.25) is 0 Å². The molecule has 44 heavy (non-hydrogen) atoms. The van der Waals surface area contributed by atoms with E-state index in [1.54, 1.807) is 11.2 Å². The molecular weight excluding hydrogens is 548 g/mol. The molecule has 0 atom stereocenters. The largest absolute Gasteiger partial charge is 0.472 e. The topological polar surface area (TPSA) is 86.4 Å². The minimum atomic E-state index is -0.0407. The van der Waals surface area contributed by atoms with Crippen LogP contribution in [0.5, 0.6) is 5.75 Å². The van der Waals surface area contributed by atoms with Crippen molar-refractivity contribution in [2.45, 2.75) is 39.7 Å². The molecule has 2 N–H and O–H groups in total. The predicted octanol–water partition coefficient (Wildman–Crippen LogP) is 6.52. The van der Waals surface area contributed by atoms with Gasteiger partial charge in [-0.15, -0.1) is 0 Å². The van der Waals surface area contributed by atoms with Crippen molar-refractivity contribution in [2.75, 3.05) is 37.8 Å². The molecule has 2 fully saturated rings. The Morgan fingerprint density at radius 1 is 0.955 bits per heavy atom. The highest BCUT2D eigenvalue weighted by atomic mass is 16.5. The van der Waals surface area contributed by atoms with Crippen LogP contribution < -0.4 is 15.0 Å². The number of piperazine rings is 1. The van der Waals surface area contributed by atoms with Crippen LogP contribution in [0.1, 0.15) is 53.2 Å². The molecule has 1 saturated heterocycles. The molecule has 8 rings (SSSR count). The van der Waals surface area contributed by atoms with Gasteiger partial charge >= 0.3 is 0 Å². The molecule has 0 radical (unpaired) electrons. The maximum absolute atomic E-state index is 13.6. The summed E-state index contributed by atoms with van der Waals surface area (Å²) in [6.07, 6.45) is 4.03. The van der Waals surface area contributed by atoms with E-state index in [0.717, 1.165) is 77.5 Å². The molecule has 8 heteroatoms. The molecule has 1 amide bonds. The van der Waals surface area contributed by atoms with Gasteiger partial charge in [-0.05, 0) is 72.2 Å². The van der Waals surface area contributed by atoms with Gasteiger partial charge in [0.05, 0.1) is 16.9 Å². The average Bonchev–Trinajstić information content (AvgIpc) is 3.80. The number of benzene rings is 3. The van der Waals surface area contributed by atoms with E-state index in [2.05, 4.69) is 62.6 Å².